The fourth-order valence-electron chi connectivity index (χ4n) is 3.45. The number of aromatic nitrogens is 2. The molecule has 1 aromatic heterocycles. The van der Waals surface area contributed by atoms with E-state index in [1.807, 2.05) is 35.9 Å². The Kier molecular flexibility index (Phi) is 3.96. The smallest absolute Gasteiger partial charge is 0.163 e. The molecule has 0 radical (unpaired) electrons. The molecule has 3 aromatic rings. The number of ether oxygens (including phenoxy) is 1. The third-order valence-electron chi connectivity index (χ3n) is 4.73. The summed E-state index contributed by atoms with van der Waals surface area (Å²) in [7, 11) is 1.64. The Labute approximate surface area is 152 Å². The molecule has 0 aliphatic carbocycles. The summed E-state index contributed by atoms with van der Waals surface area (Å²) in [6.07, 6.45) is 2.03. The van der Waals surface area contributed by atoms with Gasteiger partial charge in [-0.2, -0.15) is 5.10 Å². The summed E-state index contributed by atoms with van der Waals surface area (Å²) < 4.78 is 7.23. The van der Waals surface area contributed by atoms with E-state index in [0.717, 1.165) is 39.5 Å². The number of benzene rings is 2. The van der Waals surface area contributed by atoms with E-state index in [-0.39, 0.29) is 5.78 Å². The average molecular weight is 344 g/mol. The van der Waals surface area contributed by atoms with E-state index in [1.165, 1.54) is 5.56 Å². The molecule has 0 amide bonds. The lowest BCUT2D eigenvalue weighted by Gasteiger charge is -2.17. The van der Waals surface area contributed by atoms with Crippen molar-refractivity contribution >= 4 is 11.5 Å². The second-order valence-corrected chi connectivity index (χ2v) is 6.59. The summed E-state index contributed by atoms with van der Waals surface area (Å²) in [5, 5.41) is 4.75. The van der Waals surface area contributed by atoms with E-state index >= 15 is 0 Å². The molecule has 0 unspecified atom stereocenters. The number of allylic oxidation sites excluding steroid dienone is 1. The molecular weight excluding hydrogens is 324 g/mol. The minimum Gasteiger partial charge on any atom is -0.497 e. The second kappa shape index (κ2) is 6.30. The largest absolute Gasteiger partial charge is 0.497 e. The lowest BCUT2D eigenvalue weighted by atomic mass is 9.97. The summed E-state index contributed by atoms with van der Waals surface area (Å²) in [4.78, 5) is 12.5. The number of methoxy groups -OCH3 is 1. The highest BCUT2D eigenvalue weighted by molar-refractivity contribution is 6.01. The third-order valence-corrected chi connectivity index (χ3v) is 4.73. The molecule has 26 heavy (non-hydrogen) atoms. The van der Waals surface area contributed by atoms with Gasteiger partial charge >= 0.3 is 0 Å². The van der Waals surface area contributed by atoms with Crippen molar-refractivity contribution in [3.05, 3.63) is 77.1 Å². The van der Waals surface area contributed by atoms with Crippen LogP contribution < -0.4 is 4.74 Å². The molecule has 0 spiro atoms. The van der Waals surface area contributed by atoms with Crippen LogP contribution in [0.3, 0.4) is 0 Å². The molecule has 0 bridgehead atoms. The summed E-state index contributed by atoms with van der Waals surface area (Å²) in [5.41, 5.74) is 6.92. The fraction of sp³-hybridized carbons (Fsp3) is 0.182. The van der Waals surface area contributed by atoms with Crippen LogP contribution >= 0.6 is 0 Å². The molecule has 4 nitrogen and oxygen atoms in total. The van der Waals surface area contributed by atoms with Gasteiger partial charge in [0.05, 0.1) is 30.6 Å². The Balaban J connectivity index is 1.88. The van der Waals surface area contributed by atoms with Crippen LogP contribution in [0.2, 0.25) is 0 Å². The van der Waals surface area contributed by atoms with Crippen LogP contribution in [0.25, 0.3) is 16.8 Å². The van der Waals surface area contributed by atoms with Crippen LogP contribution in [0.1, 0.15) is 22.5 Å². The first-order valence-electron chi connectivity index (χ1n) is 8.61. The zero-order valence-corrected chi connectivity index (χ0v) is 15.1. The summed E-state index contributed by atoms with van der Waals surface area (Å²) in [5.74, 6) is 0.842. The van der Waals surface area contributed by atoms with Crippen LogP contribution in [-0.2, 0) is 11.2 Å². The van der Waals surface area contributed by atoms with E-state index in [9.17, 15) is 4.79 Å². The molecular formula is C22H20N2O2. The van der Waals surface area contributed by atoms with Gasteiger partial charge in [0.1, 0.15) is 5.75 Å². The number of hydrogen-bond acceptors (Lipinski definition) is 3. The van der Waals surface area contributed by atoms with Crippen molar-refractivity contribution in [3.63, 3.8) is 0 Å². The quantitative estimate of drug-likeness (QED) is 0.715. The van der Waals surface area contributed by atoms with E-state index in [0.29, 0.717) is 6.42 Å². The van der Waals surface area contributed by atoms with Gasteiger partial charge < -0.3 is 4.74 Å². The monoisotopic (exact) mass is 344 g/mol. The number of carbonyl (C=O) groups is 1. The number of carbonyl (C=O) groups excluding carboxylic acids is 1. The molecule has 2 aromatic carbocycles. The maximum Gasteiger partial charge on any atom is 0.163 e. The lowest BCUT2D eigenvalue weighted by Crippen LogP contribution is -2.16. The average Bonchev–Trinajstić information content (AvgIpc) is 2.97. The number of fused-ring (bicyclic) bond motifs is 1. The maximum absolute atomic E-state index is 12.5. The number of ketones is 1. The molecule has 0 fully saturated rings. The molecule has 0 atom stereocenters. The fourth-order valence-corrected chi connectivity index (χ4v) is 3.45. The van der Waals surface area contributed by atoms with E-state index in [2.05, 4.69) is 31.2 Å². The molecule has 1 aliphatic heterocycles. The zero-order valence-electron chi connectivity index (χ0n) is 15.1. The van der Waals surface area contributed by atoms with Crippen molar-refractivity contribution < 1.29 is 9.53 Å². The van der Waals surface area contributed by atoms with Crippen molar-refractivity contribution in [2.45, 2.75) is 20.3 Å². The summed E-state index contributed by atoms with van der Waals surface area (Å²) in [6, 6.07) is 16.1. The van der Waals surface area contributed by atoms with Gasteiger partial charge in [0, 0.05) is 17.2 Å². The van der Waals surface area contributed by atoms with Gasteiger partial charge in [0.2, 0.25) is 0 Å². The van der Waals surface area contributed by atoms with Gasteiger partial charge in [-0.15, -0.1) is 0 Å². The molecule has 4 heteroatoms. The van der Waals surface area contributed by atoms with Gasteiger partial charge in [-0.1, -0.05) is 42.0 Å². The lowest BCUT2D eigenvalue weighted by molar-refractivity contribution is -0.114. The van der Waals surface area contributed by atoms with Gasteiger partial charge in [0.15, 0.2) is 5.78 Å². The Morgan fingerprint density at radius 1 is 1.04 bits per heavy atom. The number of rotatable bonds is 3. The summed E-state index contributed by atoms with van der Waals surface area (Å²) in [6.45, 7) is 4.06. The Morgan fingerprint density at radius 2 is 1.81 bits per heavy atom. The molecule has 0 saturated carbocycles. The standard InChI is InChI=1S/C22H20N2O2/c1-14-7-9-16(10-8-14)22-15(2)23-24-20(12-18(25)13-21(22)24)17-5-4-6-19(11-17)26-3/h4-12H,13H2,1-3H3. The minimum absolute atomic E-state index is 0.0866. The molecule has 0 N–H and O–H groups in total. The van der Waals surface area contributed by atoms with Gasteiger partial charge in [0.25, 0.3) is 0 Å². The van der Waals surface area contributed by atoms with Crippen LogP contribution in [0.5, 0.6) is 5.75 Å². The highest BCUT2D eigenvalue weighted by Crippen LogP contribution is 2.34. The third kappa shape index (κ3) is 2.73. The van der Waals surface area contributed by atoms with Crippen LogP contribution in [0.4, 0.5) is 0 Å². The van der Waals surface area contributed by atoms with Crippen LogP contribution in [-0.4, -0.2) is 22.7 Å². The topological polar surface area (TPSA) is 44.1 Å². The Hall–Kier alpha value is -3.14. The highest BCUT2D eigenvalue weighted by Gasteiger charge is 2.25. The van der Waals surface area contributed by atoms with Crippen molar-refractivity contribution in [3.8, 4) is 16.9 Å². The van der Waals surface area contributed by atoms with E-state index in [1.54, 1.807) is 13.2 Å². The Morgan fingerprint density at radius 3 is 2.54 bits per heavy atom. The maximum atomic E-state index is 12.5. The predicted octanol–water partition coefficient (Wildman–Crippen LogP) is 4.19. The Bertz CT molecular complexity index is 1030. The number of hydrogen-bond donors (Lipinski definition) is 0. The molecule has 4 rings (SSSR count). The number of nitrogens with zero attached hydrogens (tertiary/aromatic N) is 2. The summed E-state index contributed by atoms with van der Waals surface area (Å²) >= 11 is 0. The van der Waals surface area contributed by atoms with Crippen molar-refractivity contribution in [2.75, 3.05) is 7.11 Å². The minimum atomic E-state index is 0.0866. The van der Waals surface area contributed by atoms with Crippen molar-refractivity contribution in [1.29, 1.82) is 0 Å². The molecule has 2 heterocycles. The van der Waals surface area contributed by atoms with Crippen molar-refractivity contribution in [2.24, 2.45) is 0 Å². The molecule has 1 aliphatic rings. The first-order valence-corrected chi connectivity index (χ1v) is 8.61. The molecule has 0 saturated heterocycles. The highest BCUT2D eigenvalue weighted by atomic mass is 16.5. The van der Waals surface area contributed by atoms with Crippen LogP contribution in [0, 0.1) is 13.8 Å². The first-order chi connectivity index (χ1) is 12.6. The van der Waals surface area contributed by atoms with Gasteiger partial charge in [-0.05, 0) is 31.5 Å². The van der Waals surface area contributed by atoms with E-state index in [4.69, 9.17) is 9.84 Å². The molecule has 130 valence electrons. The normalized spacial score (nSPS) is 13.3. The SMILES string of the molecule is COc1cccc(C2=CC(=O)Cc3c(-c4ccc(C)cc4)c(C)nn32)c1. The zero-order chi connectivity index (χ0) is 18.3. The number of aryl methyl sites for hydroxylation is 2. The van der Waals surface area contributed by atoms with E-state index < -0.39 is 0 Å². The first kappa shape index (κ1) is 16.3. The van der Waals surface area contributed by atoms with Crippen molar-refractivity contribution in [1.82, 2.24) is 9.78 Å². The van der Waals surface area contributed by atoms with Gasteiger partial charge in [-0.25, -0.2) is 4.68 Å². The van der Waals surface area contributed by atoms with Crippen LogP contribution in [0.15, 0.2) is 54.6 Å². The predicted molar refractivity (Wildman–Crippen MR) is 102 cm³/mol. The second-order valence-electron chi connectivity index (χ2n) is 6.59. The van der Waals surface area contributed by atoms with Gasteiger partial charge in [-0.3, -0.25) is 4.79 Å².